The predicted molar refractivity (Wildman–Crippen MR) is 89.3 cm³/mol. The average molecular weight is 375 g/mol. The van der Waals surface area contributed by atoms with Crippen LogP contribution in [0.4, 0.5) is 5.69 Å². The first-order valence-electron chi connectivity index (χ1n) is 6.15. The van der Waals surface area contributed by atoms with Crippen LogP contribution in [0.1, 0.15) is 5.56 Å². The van der Waals surface area contributed by atoms with E-state index in [9.17, 15) is 0 Å². The number of nitrogens with one attached hydrogen (secondary N) is 1. The molecule has 2 rings (SSSR count). The van der Waals surface area contributed by atoms with Crippen molar-refractivity contribution in [2.75, 3.05) is 18.5 Å². The third kappa shape index (κ3) is 4.05. The molecule has 0 bridgehead atoms. The van der Waals surface area contributed by atoms with Gasteiger partial charge < -0.3 is 10.1 Å². The van der Waals surface area contributed by atoms with Crippen molar-refractivity contribution in [2.24, 2.45) is 0 Å². The molecule has 106 valence electrons. The van der Waals surface area contributed by atoms with Crippen LogP contribution in [0.15, 0.2) is 40.9 Å². The summed E-state index contributed by atoms with van der Waals surface area (Å²) in [5.74, 6) is 0.718. The van der Waals surface area contributed by atoms with Crippen molar-refractivity contribution in [2.45, 2.75) is 6.92 Å². The Kier molecular flexibility index (Phi) is 5.58. The highest BCUT2D eigenvalue weighted by atomic mass is 79.9. The highest BCUT2D eigenvalue weighted by molar-refractivity contribution is 9.10. The van der Waals surface area contributed by atoms with Gasteiger partial charge in [0.15, 0.2) is 0 Å². The number of hydrogen-bond donors (Lipinski definition) is 1. The van der Waals surface area contributed by atoms with Crippen LogP contribution in [0.3, 0.4) is 0 Å². The lowest BCUT2D eigenvalue weighted by Gasteiger charge is -2.13. The number of anilines is 1. The maximum absolute atomic E-state index is 6.16. The van der Waals surface area contributed by atoms with Crippen molar-refractivity contribution in [3.8, 4) is 5.75 Å². The van der Waals surface area contributed by atoms with Crippen LogP contribution in [0.5, 0.6) is 5.75 Å². The molecule has 2 aromatic carbocycles. The lowest BCUT2D eigenvalue weighted by atomic mass is 10.2. The zero-order chi connectivity index (χ0) is 14.5. The van der Waals surface area contributed by atoms with Crippen molar-refractivity contribution >= 4 is 44.8 Å². The van der Waals surface area contributed by atoms with E-state index in [1.807, 2.05) is 43.3 Å². The van der Waals surface area contributed by atoms with Crippen molar-refractivity contribution in [1.29, 1.82) is 0 Å². The SMILES string of the molecule is Cc1cc(Br)cc(Cl)c1OCCNc1ccccc1Cl. The third-order valence-electron chi connectivity index (χ3n) is 2.73. The first kappa shape index (κ1) is 15.5. The summed E-state index contributed by atoms with van der Waals surface area (Å²) in [6.45, 7) is 3.12. The van der Waals surface area contributed by atoms with E-state index in [1.54, 1.807) is 0 Å². The smallest absolute Gasteiger partial charge is 0.140 e. The van der Waals surface area contributed by atoms with Gasteiger partial charge in [-0.3, -0.25) is 0 Å². The van der Waals surface area contributed by atoms with E-state index < -0.39 is 0 Å². The van der Waals surface area contributed by atoms with Crippen LogP contribution in [-0.4, -0.2) is 13.2 Å². The van der Waals surface area contributed by atoms with Crippen molar-refractivity contribution < 1.29 is 4.74 Å². The molecule has 0 atom stereocenters. The first-order valence-corrected chi connectivity index (χ1v) is 7.69. The minimum absolute atomic E-state index is 0.507. The summed E-state index contributed by atoms with van der Waals surface area (Å²) >= 11 is 15.6. The highest BCUT2D eigenvalue weighted by Crippen LogP contribution is 2.31. The van der Waals surface area contributed by atoms with Gasteiger partial charge in [-0.1, -0.05) is 51.3 Å². The van der Waals surface area contributed by atoms with Crippen LogP contribution in [0.25, 0.3) is 0 Å². The van der Waals surface area contributed by atoms with Gasteiger partial charge in [-0.25, -0.2) is 0 Å². The number of benzene rings is 2. The molecule has 20 heavy (non-hydrogen) atoms. The molecule has 0 unspecified atom stereocenters. The van der Waals surface area contributed by atoms with E-state index in [0.717, 1.165) is 21.5 Å². The Balaban J connectivity index is 1.90. The molecule has 0 aromatic heterocycles. The normalized spacial score (nSPS) is 10.4. The van der Waals surface area contributed by atoms with E-state index in [1.165, 1.54) is 0 Å². The molecular weight excluding hydrogens is 361 g/mol. The summed E-state index contributed by atoms with van der Waals surface area (Å²) in [4.78, 5) is 0. The van der Waals surface area contributed by atoms with Crippen LogP contribution >= 0.6 is 39.1 Å². The van der Waals surface area contributed by atoms with Crippen LogP contribution < -0.4 is 10.1 Å². The minimum Gasteiger partial charge on any atom is -0.490 e. The molecule has 0 spiro atoms. The molecule has 5 heteroatoms. The molecule has 2 nitrogen and oxygen atoms in total. The zero-order valence-electron chi connectivity index (χ0n) is 10.9. The topological polar surface area (TPSA) is 21.3 Å². The molecule has 0 radical (unpaired) electrons. The summed E-state index contributed by atoms with van der Waals surface area (Å²) in [7, 11) is 0. The third-order valence-corrected chi connectivity index (χ3v) is 3.80. The number of para-hydroxylation sites is 1. The van der Waals surface area contributed by atoms with Gasteiger partial charge in [-0.05, 0) is 36.8 Å². The highest BCUT2D eigenvalue weighted by Gasteiger charge is 2.07. The molecular formula is C15H14BrCl2NO. The molecule has 0 aliphatic carbocycles. The second-order valence-corrected chi connectivity index (χ2v) is 6.02. The average Bonchev–Trinajstić information content (AvgIpc) is 2.38. The maximum Gasteiger partial charge on any atom is 0.140 e. The lowest BCUT2D eigenvalue weighted by molar-refractivity contribution is 0.331. The summed E-state index contributed by atoms with van der Waals surface area (Å²) in [5, 5.41) is 4.53. The fourth-order valence-corrected chi connectivity index (χ4v) is 3.04. The number of aryl methyl sites for hydroxylation is 1. The summed E-state index contributed by atoms with van der Waals surface area (Å²) in [5.41, 5.74) is 1.90. The largest absolute Gasteiger partial charge is 0.490 e. The van der Waals surface area contributed by atoms with Gasteiger partial charge in [0, 0.05) is 11.0 Å². The Bertz CT molecular complexity index is 581. The number of rotatable bonds is 5. The van der Waals surface area contributed by atoms with E-state index in [4.69, 9.17) is 27.9 Å². The second-order valence-electron chi connectivity index (χ2n) is 4.29. The first-order chi connectivity index (χ1) is 9.58. The molecule has 0 fully saturated rings. The quantitative estimate of drug-likeness (QED) is 0.692. The second kappa shape index (κ2) is 7.21. The molecule has 0 saturated carbocycles. The van der Waals surface area contributed by atoms with E-state index in [2.05, 4.69) is 21.2 Å². The van der Waals surface area contributed by atoms with E-state index in [-0.39, 0.29) is 0 Å². The van der Waals surface area contributed by atoms with Crippen LogP contribution in [0.2, 0.25) is 10.0 Å². The van der Waals surface area contributed by atoms with Gasteiger partial charge in [-0.15, -0.1) is 0 Å². The Hall–Kier alpha value is -0.900. The number of ether oxygens (including phenoxy) is 1. The van der Waals surface area contributed by atoms with Gasteiger partial charge in [0.05, 0.1) is 15.7 Å². The Labute approximate surface area is 137 Å². The number of hydrogen-bond acceptors (Lipinski definition) is 2. The van der Waals surface area contributed by atoms with Gasteiger partial charge in [-0.2, -0.15) is 0 Å². The molecule has 0 saturated heterocycles. The minimum atomic E-state index is 0.507. The van der Waals surface area contributed by atoms with Gasteiger partial charge in [0.1, 0.15) is 12.4 Å². The van der Waals surface area contributed by atoms with Crippen molar-refractivity contribution in [3.63, 3.8) is 0 Å². The molecule has 0 amide bonds. The monoisotopic (exact) mass is 373 g/mol. The Morgan fingerprint density at radius 1 is 1.15 bits per heavy atom. The van der Waals surface area contributed by atoms with Crippen molar-refractivity contribution in [1.82, 2.24) is 0 Å². The molecule has 0 aliphatic rings. The molecule has 2 aromatic rings. The summed E-state index contributed by atoms with van der Waals surface area (Å²) in [6.07, 6.45) is 0. The van der Waals surface area contributed by atoms with Crippen LogP contribution in [-0.2, 0) is 0 Å². The fraction of sp³-hybridized carbons (Fsp3) is 0.200. The maximum atomic E-state index is 6.16. The van der Waals surface area contributed by atoms with Crippen LogP contribution in [0, 0.1) is 6.92 Å². The molecule has 0 heterocycles. The van der Waals surface area contributed by atoms with Gasteiger partial charge >= 0.3 is 0 Å². The van der Waals surface area contributed by atoms with E-state index >= 15 is 0 Å². The van der Waals surface area contributed by atoms with Gasteiger partial charge in [0.25, 0.3) is 0 Å². The van der Waals surface area contributed by atoms with E-state index in [0.29, 0.717) is 23.2 Å². The van der Waals surface area contributed by atoms with Crippen molar-refractivity contribution in [3.05, 3.63) is 56.5 Å². The summed E-state index contributed by atoms with van der Waals surface area (Å²) in [6, 6.07) is 11.4. The number of halogens is 3. The Morgan fingerprint density at radius 3 is 2.60 bits per heavy atom. The molecule has 1 N–H and O–H groups in total. The molecule has 0 aliphatic heterocycles. The lowest BCUT2D eigenvalue weighted by Crippen LogP contribution is -2.12. The Morgan fingerprint density at radius 2 is 1.90 bits per heavy atom. The fourth-order valence-electron chi connectivity index (χ4n) is 1.82. The van der Waals surface area contributed by atoms with Gasteiger partial charge in [0.2, 0.25) is 0 Å². The standard InChI is InChI=1S/C15H14BrCl2NO/c1-10-8-11(16)9-13(18)15(10)20-7-6-19-14-5-3-2-4-12(14)17/h2-5,8-9,19H,6-7H2,1H3. The zero-order valence-corrected chi connectivity index (χ0v) is 14.0. The predicted octanol–water partition coefficient (Wildman–Crippen LogP) is 5.56. The summed E-state index contributed by atoms with van der Waals surface area (Å²) < 4.78 is 6.67.